The van der Waals surface area contributed by atoms with E-state index in [0.29, 0.717) is 31.3 Å². The fourth-order valence-electron chi connectivity index (χ4n) is 2.52. The zero-order valence-electron chi connectivity index (χ0n) is 11.3. The van der Waals surface area contributed by atoms with Gasteiger partial charge >= 0.3 is 0 Å². The van der Waals surface area contributed by atoms with Gasteiger partial charge in [-0.2, -0.15) is 0 Å². The summed E-state index contributed by atoms with van der Waals surface area (Å²) >= 11 is 0. The van der Waals surface area contributed by atoms with E-state index >= 15 is 0 Å². The van der Waals surface area contributed by atoms with E-state index in [2.05, 4.69) is 19.2 Å². The number of hydrogen-bond acceptors (Lipinski definition) is 3. The molecule has 0 spiro atoms. The maximum absolute atomic E-state index is 12.1. The zero-order chi connectivity index (χ0) is 12.9. The van der Waals surface area contributed by atoms with Crippen LogP contribution in [0.3, 0.4) is 0 Å². The molecule has 0 aromatic rings. The fourth-order valence-corrected chi connectivity index (χ4v) is 4.25. The number of piperidine rings is 1. The maximum Gasteiger partial charge on any atom is 0.214 e. The van der Waals surface area contributed by atoms with Crippen molar-refractivity contribution in [3.05, 3.63) is 0 Å². The van der Waals surface area contributed by atoms with Crippen LogP contribution in [0.25, 0.3) is 0 Å². The average molecular weight is 262 g/mol. The Morgan fingerprint density at radius 2 is 1.82 bits per heavy atom. The van der Waals surface area contributed by atoms with Crippen LogP contribution in [0.15, 0.2) is 0 Å². The molecule has 0 aromatic heterocycles. The lowest BCUT2D eigenvalue weighted by Crippen LogP contribution is -2.43. The molecule has 0 amide bonds. The molecule has 4 nitrogen and oxygen atoms in total. The van der Waals surface area contributed by atoms with E-state index in [4.69, 9.17) is 0 Å². The van der Waals surface area contributed by atoms with Crippen molar-refractivity contribution in [2.45, 2.75) is 33.6 Å². The number of nitrogens with one attached hydrogen (secondary N) is 1. The molecule has 1 fully saturated rings. The summed E-state index contributed by atoms with van der Waals surface area (Å²) in [7, 11) is -3.04. The van der Waals surface area contributed by atoms with Gasteiger partial charge in [-0.1, -0.05) is 20.8 Å². The largest absolute Gasteiger partial charge is 0.317 e. The second kappa shape index (κ2) is 6.71. The molecule has 1 aliphatic heterocycles. The molecule has 0 aromatic carbocycles. The summed E-state index contributed by atoms with van der Waals surface area (Å²) in [6.45, 7) is 9.39. The third-order valence-electron chi connectivity index (χ3n) is 3.23. The van der Waals surface area contributed by atoms with Gasteiger partial charge in [-0.15, -0.1) is 0 Å². The topological polar surface area (TPSA) is 49.4 Å². The normalized spacial score (nSPS) is 27.2. The second-order valence-electron chi connectivity index (χ2n) is 5.29. The fraction of sp³-hybridized carbons (Fsp3) is 1.00. The summed E-state index contributed by atoms with van der Waals surface area (Å²) in [5.74, 6) is 1.25. The van der Waals surface area contributed by atoms with Gasteiger partial charge in [0.2, 0.25) is 10.0 Å². The van der Waals surface area contributed by atoms with Crippen LogP contribution in [0.5, 0.6) is 0 Å². The molecule has 2 unspecified atom stereocenters. The summed E-state index contributed by atoms with van der Waals surface area (Å²) in [5.41, 5.74) is 0. The summed E-state index contributed by atoms with van der Waals surface area (Å²) in [4.78, 5) is 0. The predicted molar refractivity (Wildman–Crippen MR) is 71.5 cm³/mol. The number of sulfonamides is 1. The molecule has 0 bridgehead atoms. The van der Waals surface area contributed by atoms with E-state index in [-0.39, 0.29) is 5.75 Å². The monoisotopic (exact) mass is 262 g/mol. The first-order chi connectivity index (χ1) is 7.95. The van der Waals surface area contributed by atoms with Gasteiger partial charge in [-0.25, -0.2) is 12.7 Å². The van der Waals surface area contributed by atoms with Crippen molar-refractivity contribution in [3.63, 3.8) is 0 Å². The van der Waals surface area contributed by atoms with Crippen LogP contribution in [0.4, 0.5) is 0 Å². The Kier molecular flexibility index (Phi) is 5.89. The average Bonchev–Trinajstić information content (AvgIpc) is 2.23. The van der Waals surface area contributed by atoms with Crippen molar-refractivity contribution in [1.82, 2.24) is 9.62 Å². The minimum Gasteiger partial charge on any atom is -0.317 e. The quantitative estimate of drug-likeness (QED) is 0.734. The highest BCUT2D eigenvalue weighted by Crippen LogP contribution is 2.23. The molecule has 1 rings (SSSR count). The molecule has 1 heterocycles. The lowest BCUT2D eigenvalue weighted by molar-refractivity contribution is 0.222. The Labute approximate surface area is 106 Å². The predicted octanol–water partition coefficient (Wildman–Crippen LogP) is 1.29. The van der Waals surface area contributed by atoms with Gasteiger partial charge in [0.05, 0.1) is 5.75 Å². The highest BCUT2D eigenvalue weighted by atomic mass is 32.2. The molecule has 2 atom stereocenters. The van der Waals surface area contributed by atoms with E-state index < -0.39 is 10.0 Å². The van der Waals surface area contributed by atoms with Crippen molar-refractivity contribution in [1.29, 1.82) is 0 Å². The van der Waals surface area contributed by atoms with Crippen LogP contribution < -0.4 is 5.32 Å². The third kappa shape index (κ3) is 4.94. The summed E-state index contributed by atoms with van der Waals surface area (Å²) in [6, 6.07) is 0. The second-order valence-corrected chi connectivity index (χ2v) is 7.37. The van der Waals surface area contributed by atoms with Crippen molar-refractivity contribution >= 4 is 10.0 Å². The van der Waals surface area contributed by atoms with Crippen LogP contribution in [0.2, 0.25) is 0 Å². The Balaban J connectivity index is 2.45. The van der Waals surface area contributed by atoms with Crippen molar-refractivity contribution in [2.75, 3.05) is 31.9 Å². The van der Waals surface area contributed by atoms with Crippen molar-refractivity contribution < 1.29 is 8.42 Å². The van der Waals surface area contributed by atoms with Crippen molar-refractivity contribution in [3.8, 4) is 0 Å². The minimum atomic E-state index is -3.04. The van der Waals surface area contributed by atoms with E-state index in [1.807, 2.05) is 6.92 Å². The van der Waals surface area contributed by atoms with E-state index in [1.54, 1.807) is 4.31 Å². The number of hydrogen-bond donors (Lipinski definition) is 1. The Bertz CT molecular complexity index is 306. The van der Waals surface area contributed by atoms with Gasteiger partial charge in [-0.05, 0) is 37.8 Å². The smallest absolute Gasteiger partial charge is 0.214 e. The van der Waals surface area contributed by atoms with Gasteiger partial charge in [-0.3, -0.25) is 0 Å². The highest BCUT2D eigenvalue weighted by Gasteiger charge is 2.29. The standard InChI is InChI=1S/C12H26N2O2S/c1-4-13-6-5-7-17(15,16)14-9-11(2)8-12(3)10-14/h11-13H,4-10H2,1-3H3. The van der Waals surface area contributed by atoms with Crippen LogP contribution in [0.1, 0.15) is 33.6 Å². The zero-order valence-corrected chi connectivity index (χ0v) is 12.1. The molecule has 0 radical (unpaired) electrons. The van der Waals surface area contributed by atoms with Gasteiger partial charge in [0.1, 0.15) is 0 Å². The molecule has 17 heavy (non-hydrogen) atoms. The van der Waals surface area contributed by atoms with E-state index in [1.165, 1.54) is 0 Å². The highest BCUT2D eigenvalue weighted by molar-refractivity contribution is 7.89. The SMILES string of the molecule is CCNCCCS(=O)(=O)N1CC(C)CC(C)C1. The molecule has 1 N–H and O–H groups in total. The summed E-state index contributed by atoms with van der Waals surface area (Å²) in [6.07, 6.45) is 1.85. The number of rotatable bonds is 6. The molecular formula is C12H26N2O2S. The molecule has 1 saturated heterocycles. The first-order valence-electron chi connectivity index (χ1n) is 6.64. The van der Waals surface area contributed by atoms with Crippen LogP contribution in [-0.4, -0.2) is 44.7 Å². The van der Waals surface area contributed by atoms with Gasteiger partial charge < -0.3 is 5.32 Å². The van der Waals surface area contributed by atoms with E-state index in [9.17, 15) is 8.42 Å². The van der Waals surface area contributed by atoms with Gasteiger partial charge in [0, 0.05) is 13.1 Å². The molecular weight excluding hydrogens is 236 g/mol. The Hall–Kier alpha value is -0.130. The first-order valence-corrected chi connectivity index (χ1v) is 8.25. The maximum atomic E-state index is 12.1. The summed E-state index contributed by atoms with van der Waals surface area (Å²) < 4.78 is 26.0. The van der Waals surface area contributed by atoms with Crippen LogP contribution in [0, 0.1) is 11.8 Å². The molecule has 5 heteroatoms. The first kappa shape index (κ1) is 14.9. The van der Waals surface area contributed by atoms with Crippen LogP contribution >= 0.6 is 0 Å². The van der Waals surface area contributed by atoms with Gasteiger partial charge in [0.25, 0.3) is 0 Å². The molecule has 0 aliphatic carbocycles. The minimum absolute atomic E-state index is 0.277. The van der Waals surface area contributed by atoms with Gasteiger partial charge in [0.15, 0.2) is 0 Å². The third-order valence-corrected chi connectivity index (χ3v) is 5.12. The number of nitrogens with zero attached hydrogens (tertiary/aromatic N) is 1. The van der Waals surface area contributed by atoms with Crippen LogP contribution in [-0.2, 0) is 10.0 Å². The lowest BCUT2D eigenvalue weighted by atomic mass is 9.94. The Morgan fingerprint density at radius 1 is 1.24 bits per heavy atom. The lowest BCUT2D eigenvalue weighted by Gasteiger charge is -2.34. The Morgan fingerprint density at radius 3 is 2.35 bits per heavy atom. The molecule has 1 aliphatic rings. The summed E-state index contributed by atoms with van der Waals surface area (Å²) in [5, 5.41) is 3.16. The van der Waals surface area contributed by atoms with E-state index in [0.717, 1.165) is 19.5 Å². The molecule has 0 saturated carbocycles. The van der Waals surface area contributed by atoms with Crippen molar-refractivity contribution in [2.24, 2.45) is 11.8 Å². The molecule has 102 valence electrons.